The first kappa shape index (κ1) is 18.7. The third-order valence-corrected chi connectivity index (χ3v) is 5.68. The van der Waals surface area contributed by atoms with Crippen LogP contribution in [0.2, 0.25) is 0 Å². The molecule has 2 aromatic carbocycles. The second kappa shape index (κ2) is 9.56. The Hall–Kier alpha value is -2.09. The zero-order valence-corrected chi connectivity index (χ0v) is 15.8. The zero-order valence-electron chi connectivity index (χ0n) is 15.8. The number of unbranched alkanes of at least 4 members (excludes halogenated alkanes) is 2. The van der Waals surface area contributed by atoms with Gasteiger partial charge in [-0.1, -0.05) is 56.9 Å². The normalized spacial score (nSPS) is 19.9. The molecule has 2 nitrogen and oxygen atoms in total. The highest BCUT2D eigenvalue weighted by Crippen LogP contribution is 2.37. The van der Waals surface area contributed by atoms with E-state index < -0.39 is 0 Å². The average molecular weight is 349 g/mol. The summed E-state index contributed by atoms with van der Waals surface area (Å²) in [5.74, 6) is 1.55. The zero-order chi connectivity index (χ0) is 18.2. The summed E-state index contributed by atoms with van der Waals surface area (Å²) in [5.41, 5.74) is 2.91. The van der Waals surface area contributed by atoms with Crippen molar-refractivity contribution in [2.45, 2.75) is 64.2 Å². The van der Waals surface area contributed by atoms with Crippen LogP contribution in [0.25, 0.3) is 0 Å². The van der Waals surface area contributed by atoms with E-state index in [1.165, 1.54) is 56.9 Å². The van der Waals surface area contributed by atoms with Crippen LogP contribution in [-0.2, 0) is 0 Å². The number of amides is 1. The highest BCUT2D eigenvalue weighted by Gasteiger charge is 2.22. The van der Waals surface area contributed by atoms with Gasteiger partial charge in [-0.2, -0.15) is 0 Å². The van der Waals surface area contributed by atoms with E-state index in [2.05, 4.69) is 30.4 Å². The second-order valence-corrected chi connectivity index (χ2v) is 7.58. The van der Waals surface area contributed by atoms with E-state index in [1.807, 2.05) is 24.3 Å². The van der Waals surface area contributed by atoms with Gasteiger partial charge in [0.2, 0.25) is 0 Å². The summed E-state index contributed by atoms with van der Waals surface area (Å²) < 4.78 is 0. The van der Waals surface area contributed by atoms with Crippen molar-refractivity contribution in [3.8, 4) is 0 Å². The number of hydrogen-bond donors (Lipinski definition) is 1. The van der Waals surface area contributed by atoms with Crippen molar-refractivity contribution in [3.63, 3.8) is 0 Å². The lowest BCUT2D eigenvalue weighted by atomic mass is 9.77. The predicted molar refractivity (Wildman–Crippen MR) is 109 cm³/mol. The summed E-state index contributed by atoms with van der Waals surface area (Å²) in [7, 11) is 0. The average Bonchev–Trinajstić information content (AvgIpc) is 2.70. The number of rotatable bonds is 7. The van der Waals surface area contributed by atoms with Crippen LogP contribution in [0.1, 0.15) is 80.1 Å². The van der Waals surface area contributed by atoms with Gasteiger partial charge < -0.3 is 5.32 Å². The lowest BCUT2D eigenvalue weighted by Gasteiger charge is -2.29. The smallest absolute Gasteiger partial charge is 0.255 e. The molecular weight excluding hydrogens is 318 g/mol. The summed E-state index contributed by atoms with van der Waals surface area (Å²) in [4.78, 5) is 12.3. The summed E-state index contributed by atoms with van der Waals surface area (Å²) in [6.45, 7) is 2.28. The van der Waals surface area contributed by atoms with Gasteiger partial charge in [0.25, 0.3) is 5.91 Å². The fourth-order valence-corrected chi connectivity index (χ4v) is 4.05. The Labute approximate surface area is 158 Å². The monoisotopic (exact) mass is 348 g/mol. The van der Waals surface area contributed by atoms with Crippen molar-refractivity contribution in [1.82, 2.24) is 0 Å². The molecule has 0 aromatic heterocycles. The molecule has 26 heavy (non-hydrogen) atoms. The second-order valence-electron chi connectivity index (χ2n) is 7.58. The molecule has 2 heteroatoms. The number of hydrogen-bond acceptors (Lipinski definition) is 1. The number of benzene rings is 2. The molecule has 0 bridgehead atoms. The van der Waals surface area contributed by atoms with Crippen LogP contribution in [0.5, 0.6) is 0 Å². The Morgan fingerprint density at radius 1 is 1.00 bits per heavy atom. The first-order valence-corrected chi connectivity index (χ1v) is 10.1. The van der Waals surface area contributed by atoms with Crippen molar-refractivity contribution < 1.29 is 4.79 Å². The molecule has 0 unspecified atom stereocenters. The number of carbonyl (C=O) groups is 1. The highest BCUT2D eigenvalue weighted by atomic mass is 16.1. The summed E-state index contributed by atoms with van der Waals surface area (Å²) >= 11 is 0. The van der Waals surface area contributed by atoms with Crippen molar-refractivity contribution in [3.05, 3.63) is 65.7 Å². The molecule has 3 rings (SSSR count). The lowest BCUT2D eigenvalue weighted by molar-refractivity contribution is 0.102. The first-order valence-electron chi connectivity index (χ1n) is 10.1. The lowest BCUT2D eigenvalue weighted by Crippen LogP contribution is -2.14. The standard InChI is InChI=1S/C24H30NO/c1-2-3-5-8-19-11-13-20(14-12-19)21-15-17-22(18-16-21)24(26)25-23-9-6-4-7-10-23/h6-7,9-10,15-20H,2-3,5,8,11-14H2,1H3,(H,25,26). The van der Waals surface area contributed by atoms with Crippen LogP contribution < -0.4 is 5.32 Å². The van der Waals surface area contributed by atoms with Crippen LogP contribution in [0.15, 0.2) is 48.5 Å². The quantitative estimate of drug-likeness (QED) is 0.562. The Balaban J connectivity index is 1.51. The number of nitrogens with one attached hydrogen (secondary N) is 1. The maximum Gasteiger partial charge on any atom is 0.255 e. The number of anilines is 1. The Morgan fingerprint density at radius 3 is 2.35 bits per heavy atom. The minimum atomic E-state index is -0.0533. The largest absolute Gasteiger partial charge is 0.322 e. The minimum Gasteiger partial charge on any atom is -0.322 e. The summed E-state index contributed by atoms with van der Waals surface area (Å²) in [6.07, 6.45) is 10.8. The van der Waals surface area contributed by atoms with Gasteiger partial charge in [-0.15, -0.1) is 0 Å². The molecule has 0 atom stereocenters. The van der Waals surface area contributed by atoms with Crippen LogP contribution in [-0.4, -0.2) is 5.91 Å². The molecule has 0 spiro atoms. The van der Waals surface area contributed by atoms with E-state index in [0.29, 0.717) is 5.92 Å². The van der Waals surface area contributed by atoms with E-state index in [4.69, 9.17) is 0 Å². The van der Waals surface area contributed by atoms with E-state index in [-0.39, 0.29) is 5.91 Å². The third-order valence-electron chi connectivity index (χ3n) is 5.68. The van der Waals surface area contributed by atoms with E-state index in [0.717, 1.165) is 17.2 Å². The highest BCUT2D eigenvalue weighted by molar-refractivity contribution is 6.04. The van der Waals surface area contributed by atoms with Gasteiger partial charge in [-0.25, -0.2) is 0 Å². The van der Waals surface area contributed by atoms with Gasteiger partial charge in [0.15, 0.2) is 0 Å². The van der Waals surface area contributed by atoms with Gasteiger partial charge in [0, 0.05) is 11.3 Å². The third kappa shape index (κ3) is 5.20. The SMILES string of the molecule is CCCCCC1CCC(c2ccc(C(=O)Nc3cc[c]cc3)cc2)CC1. The Bertz CT molecular complexity index is 669. The Kier molecular flexibility index (Phi) is 6.88. The fourth-order valence-electron chi connectivity index (χ4n) is 4.05. The summed E-state index contributed by atoms with van der Waals surface area (Å²) in [5, 5.41) is 2.93. The number of carbonyl (C=O) groups excluding carboxylic acids is 1. The van der Waals surface area contributed by atoms with Gasteiger partial charge in [0.05, 0.1) is 0 Å². The molecule has 0 saturated heterocycles. The van der Waals surface area contributed by atoms with Crippen LogP contribution in [0.4, 0.5) is 5.69 Å². The molecule has 1 saturated carbocycles. The topological polar surface area (TPSA) is 29.1 Å². The minimum absolute atomic E-state index is 0.0533. The molecule has 0 aliphatic heterocycles. The van der Waals surface area contributed by atoms with Gasteiger partial charge in [0.1, 0.15) is 0 Å². The molecule has 1 aliphatic carbocycles. The maximum atomic E-state index is 12.3. The first-order chi connectivity index (χ1) is 12.8. The van der Waals surface area contributed by atoms with Crippen LogP contribution >= 0.6 is 0 Å². The Morgan fingerprint density at radius 2 is 1.69 bits per heavy atom. The van der Waals surface area contributed by atoms with E-state index in [9.17, 15) is 4.79 Å². The molecule has 0 heterocycles. The molecular formula is C24H30NO. The van der Waals surface area contributed by atoms with Crippen LogP contribution in [0, 0.1) is 12.0 Å². The molecule has 1 radical (unpaired) electrons. The maximum absolute atomic E-state index is 12.3. The van der Waals surface area contributed by atoms with Crippen LogP contribution in [0.3, 0.4) is 0 Å². The van der Waals surface area contributed by atoms with E-state index in [1.54, 1.807) is 12.1 Å². The van der Waals surface area contributed by atoms with Gasteiger partial charge in [-0.3, -0.25) is 4.79 Å². The molecule has 1 N–H and O–H groups in total. The van der Waals surface area contributed by atoms with Crippen molar-refractivity contribution in [1.29, 1.82) is 0 Å². The molecule has 1 aliphatic rings. The van der Waals surface area contributed by atoms with E-state index >= 15 is 0 Å². The molecule has 1 fully saturated rings. The van der Waals surface area contributed by atoms with Gasteiger partial charge in [-0.05, 0) is 73.4 Å². The molecule has 1 amide bonds. The van der Waals surface area contributed by atoms with Gasteiger partial charge >= 0.3 is 0 Å². The predicted octanol–water partition coefficient (Wildman–Crippen LogP) is 6.59. The summed E-state index contributed by atoms with van der Waals surface area (Å²) in [6, 6.07) is 18.5. The van der Waals surface area contributed by atoms with Crippen molar-refractivity contribution in [2.75, 3.05) is 5.32 Å². The fraction of sp³-hybridized carbons (Fsp3) is 0.458. The van der Waals surface area contributed by atoms with Crippen molar-refractivity contribution in [2.24, 2.45) is 5.92 Å². The molecule has 2 aromatic rings. The van der Waals surface area contributed by atoms with Crippen molar-refractivity contribution >= 4 is 11.6 Å². The molecule has 137 valence electrons.